The molecular formula is C24H22F5N5O3S. The van der Waals surface area contributed by atoms with Gasteiger partial charge in [-0.2, -0.15) is 17.6 Å². The van der Waals surface area contributed by atoms with Crippen LogP contribution in [0.25, 0.3) is 0 Å². The Labute approximate surface area is 214 Å². The van der Waals surface area contributed by atoms with Crippen molar-refractivity contribution in [2.45, 2.75) is 49.6 Å². The third-order valence-corrected chi connectivity index (χ3v) is 7.54. The topological polar surface area (TPSA) is 118 Å². The van der Waals surface area contributed by atoms with Gasteiger partial charge in [0, 0.05) is 28.3 Å². The molecule has 1 unspecified atom stereocenters. The number of pyridine rings is 1. The summed E-state index contributed by atoms with van der Waals surface area (Å²) in [6, 6.07) is 6.32. The van der Waals surface area contributed by atoms with Crippen LogP contribution in [-0.2, 0) is 21.3 Å². The molecule has 0 bridgehead atoms. The van der Waals surface area contributed by atoms with Gasteiger partial charge in [0.1, 0.15) is 5.56 Å². The van der Waals surface area contributed by atoms with Crippen LogP contribution in [0.3, 0.4) is 0 Å². The molecule has 2 aromatic heterocycles. The Morgan fingerprint density at radius 3 is 2.42 bits per heavy atom. The molecule has 3 aromatic rings. The van der Waals surface area contributed by atoms with Gasteiger partial charge in [0.25, 0.3) is 17.7 Å². The van der Waals surface area contributed by atoms with Crippen LogP contribution in [0.4, 0.5) is 27.6 Å². The Bertz CT molecular complexity index is 1520. The molecule has 1 atom stereocenters. The average Bonchev–Trinajstić information content (AvgIpc) is 2.78. The molecule has 202 valence electrons. The van der Waals surface area contributed by atoms with Crippen molar-refractivity contribution in [1.29, 1.82) is 4.78 Å². The summed E-state index contributed by atoms with van der Waals surface area (Å²) in [6.45, 7) is 2.74. The van der Waals surface area contributed by atoms with E-state index in [-0.39, 0.29) is 16.3 Å². The molecule has 38 heavy (non-hydrogen) atoms. The summed E-state index contributed by atoms with van der Waals surface area (Å²) >= 11 is 0. The highest BCUT2D eigenvalue weighted by molar-refractivity contribution is 7.91. The number of nitrogens with one attached hydrogen (secondary N) is 2. The first-order valence-electron chi connectivity index (χ1n) is 11.2. The number of hydrogen-bond donors (Lipinski definition) is 2. The van der Waals surface area contributed by atoms with Gasteiger partial charge in [-0.05, 0) is 43.5 Å². The predicted molar refractivity (Wildman–Crippen MR) is 127 cm³/mol. The van der Waals surface area contributed by atoms with Crippen LogP contribution in [0.15, 0.2) is 35.2 Å². The summed E-state index contributed by atoms with van der Waals surface area (Å²) in [4.78, 5) is 17.0. The fraction of sp³-hybridized carbons (Fsp3) is 0.333. The molecule has 4 rings (SSSR count). The van der Waals surface area contributed by atoms with Crippen LogP contribution in [0, 0.1) is 23.5 Å². The quantitative estimate of drug-likeness (QED) is 0.285. The molecule has 1 aromatic carbocycles. The number of hydrogen-bond acceptors (Lipinski definition) is 7. The van der Waals surface area contributed by atoms with E-state index in [1.54, 1.807) is 6.92 Å². The Morgan fingerprint density at radius 1 is 1.18 bits per heavy atom. The van der Waals surface area contributed by atoms with E-state index in [1.165, 1.54) is 24.3 Å². The molecule has 2 N–H and O–H groups in total. The molecule has 0 saturated heterocycles. The molecule has 1 fully saturated rings. The SMILES string of the molecule is Cc1c(C(F)(F)F)nnc(Oc2c(F)cc(C3(C)CCC3)nc2F)c1C(=O)Nc1cccc(S(C)(=N)=O)c1. The Morgan fingerprint density at radius 2 is 1.87 bits per heavy atom. The van der Waals surface area contributed by atoms with Gasteiger partial charge in [-0.3, -0.25) is 4.79 Å². The van der Waals surface area contributed by atoms with Gasteiger partial charge in [0.05, 0.1) is 15.4 Å². The van der Waals surface area contributed by atoms with Crippen LogP contribution in [0.2, 0.25) is 0 Å². The lowest BCUT2D eigenvalue weighted by molar-refractivity contribution is -0.142. The number of anilines is 1. The van der Waals surface area contributed by atoms with E-state index in [1.807, 2.05) is 0 Å². The van der Waals surface area contributed by atoms with Crippen molar-refractivity contribution in [3.63, 3.8) is 0 Å². The summed E-state index contributed by atoms with van der Waals surface area (Å²) in [5.74, 6) is -5.64. The molecule has 0 spiro atoms. The third-order valence-electron chi connectivity index (χ3n) is 6.38. The molecule has 2 heterocycles. The largest absolute Gasteiger partial charge is 0.435 e. The van der Waals surface area contributed by atoms with E-state index in [9.17, 15) is 31.0 Å². The minimum atomic E-state index is -5.00. The fourth-order valence-electron chi connectivity index (χ4n) is 4.05. The normalized spacial score (nSPS) is 16.3. The molecule has 1 saturated carbocycles. The van der Waals surface area contributed by atoms with Crippen LogP contribution < -0.4 is 10.1 Å². The average molecular weight is 556 g/mol. The van der Waals surface area contributed by atoms with Crippen LogP contribution >= 0.6 is 0 Å². The van der Waals surface area contributed by atoms with Crippen molar-refractivity contribution in [3.8, 4) is 11.6 Å². The molecule has 1 amide bonds. The van der Waals surface area contributed by atoms with Crippen molar-refractivity contribution in [1.82, 2.24) is 15.2 Å². The molecule has 8 nitrogen and oxygen atoms in total. The summed E-state index contributed by atoms with van der Waals surface area (Å²) < 4.78 is 95.3. The predicted octanol–water partition coefficient (Wildman–Crippen LogP) is 6.00. The Hall–Kier alpha value is -3.68. The lowest BCUT2D eigenvalue weighted by Crippen LogP contribution is -2.32. The molecule has 1 aliphatic rings. The molecule has 0 radical (unpaired) electrons. The van der Waals surface area contributed by atoms with Gasteiger partial charge < -0.3 is 10.1 Å². The summed E-state index contributed by atoms with van der Waals surface area (Å²) in [5.41, 5.74) is -3.33. The summed E-state index contributed by atoms with van der Waals surface area (Å²) in [5, 5.41) is 8.71. The minimum absolute atomic E-state index is 0.00201. The molecular weight excluding hydrogens is 533 g/mol. The van der Waals surface area contributed by atoms with E-state index in [0.29, 0.717) is 12.8 Å². The number of carbonyl (C=O) groups excluding carboxylic acids is 1. The number of alkyl halides is 3. The highest BCUT2D eigenvalue weighted by atomic mass is 32.2. The number of rotatable bonds is 6. The fourth-order valence-corrected chi connectivity index (χ4v) is 4.74. The van der Waals surface area contributed by atoms with Crippen LogP contribution in [0.1, 0.15) is 53.5 Å². The van der Waals surface area contributed by atoms with Crippen molar-refractivity contribution < 1.29 is 35.7 Å². The highest BCUT2D eigenvalue weighted by Crippen LogP contribution is 2.44. The second-order valence-corrected chi connectivity index (χ2v) is 11.5. The number of ether oxygens (including phenoxy) is 1. The number of halogens is 5. The van der Waals surface area contributed by atoms with Crippen molar-refractivity contribution >= 4 is 21.3 Å². The van der Waals surface area contributed by atoms with Gasteiger partial charge in [0.15, 0.2) is 11.5 Å². The molecule has 14 heteroatoms. The van der Waals surface area contributed by atoms with Crippen molar-refractivity contribution in [3.05, 3.63) is 64.6 Å². The lowest BCUT2D eigenvalue weighted by Gasteiger charge is -2.37. The maximum Gasteiger partial charge on any atom is 0.435 e. The van der Waals surface area contributed by atoms with Gasteiger partial charge in [-0.15, -0.1) is 10.2 Å². The van der Waals surface area contributed by atoms with E-state index in [2.05, 4.69) is 20.5 Å². The number of aromatic nitrogens is 3. The first-order chi connectivity index (χ1) is 17.6. The zero-order valence-electron chi connectivity index (χ0n) is 20.4. The first kappa shape index (κ1) is 27.4. The van der Waals surface area contributed by atoms with E-state index in [4.69, 9.17) is 9.52 Å². The zero-order valence-corrected chi connectivity index (χ0v) is 21.2. The van der Waals surface area contributed by atoms with Crippen molar-refractivity contribution in [2.75, 3.05) is 11.6 Å². The molecule has 0 aliphatic heterocycles. The van der Waals surface area contributed by atoms with Crippen molar-refractivity contribution in [2.24, 2.45) is 0 Å². The highest BCUT2D eigenvalue weighted by Gasteiger charge is 2.39. The number of benzene rings is 1. The smallest absolute Gasteiger partial charge is 0.429 e. The number of amides is 1. The summed E-state index contributed by atoms with van der Waals surface area (Å²) in [7, 11) is -3.17. The lowest BCUT2D eigenvalue weighted by atomic mass is 9.68. The second kappa shape index (κ2) is 9.57. The summed E-state index contributed by atoms with van der Waals surface area (Å²) in [6.07, 6.45) is -1.61. The number of nitrogens with zero attached hydrogens (tertiary/aromatic N) is 3. The van der Waals surface area contributed by atoms with E-state index >= 15 is 0 Å². The first-order valence-corrected chi connectivity index (χ1v) is 13.2. The zero-order chi connectivity index (χ0) is 28.0. The Kier molecular flexibility index (Phi) is 6.89. The second-order valence-electron chi connectivity index (χ2n) is 9.30. The van der Waals surface area contributed by atoms with Crippen LogP contribution in [-0.4, -0.2) is 31.6 Å². The third kappa shape index (κ3) is 5.30. The minimum Gasteiger partial charge on any atom is -0.429 e. The Balaban J connectivity index is 1.76. The monoisotopic (exact) mass is 555 g/mol. The molecule has 1 aliphatic carbocycles. The van der Waals surface area contributed by atoms with E-state index < -0.39 is 67.4 Å². The van der Waals surface area contributed by atoms with Gasteiger partial charge in [-0.25, -0.2) is 18.4 Å². The number of carbonyl (C=O) groups is 1. The van der Waals surface area contributed by atoms with Gasteiger partial charge >= 0.3 is 6.18 Å². The van der Waals surface area contributed by atoms with Gasteiger partial charge in [0.2, 0.25) is 5.75 Å². The van der Waals surface area contributed by atoms with E-state index in [0.717, 1.165) is 25.7 Å². The van der Waals surface area contributed by atoms with Crippen LogP contribution in [0.5, 0.6) is 11.6 Å². The standard InChI is InChI=1S/C24H22F5N5O3S/c1-12-17(21(35)31-13-6-4-7-14(10-13)38(3,30)36)22(34-33-19(12)24(27,28)29)37-18-15(25)11-16(32-20(18)26)23(2)8-5-9-23/h4,6-7,10-11,30H,5,8-9H2,1-3H3,(H,31,35). The van der Waals surface area contributed by atoms with Gasteiger partial charge in [-0.1, -0.05) is 19.4 Å². The maximum absolute atomic E-state index is 14.9. The maximum atomic E-state index is 14.9.